The number of aryl methyl sites for hydroxylation is 1. The summed E-state index contributed by atoms with van der Waals surface area (Å²) in [5, 5.41) is 11.3. The van der Waals surface area contributed by atoms with E-state index in [2.05, 4.69) is 64.5 Å². The fraction of sp³-hybridized carbons (Fsp3) is 0.467. The van der Waals surface area contributed by atoms with Crippen LogP contribution in [0.15, 0.2) is 28.9 Å². The number of rotatable bonds is 5. The van der Waals surface area contributed by atoms with Crippen LogP contribution in [0.5, 0.6) is 5.75 Å². The molecular weight excluding hydrogens is 332 g/mol. The predicted molar refractivity (Wildman–Crippen MR) is 86.1 cm³/mol. The molecule has 0 radical (unpaired) electrons. The van der Waals surface area contributed by atoms with Crippen LogP contribution in [0.25, 0.3) is 0 Å². The van der Waals surface area contributed by atoms with Crippen molar-refractivity contribution in [3.05, 3.63) is 40.1 Å². The van der Waals surface area contributed by atoms with Crippen molar-refractivity contribution in [3.63, 3.8) is 0 Å². The SMILES string of the molecule is Cn1cc(COc2ccc(CNC(C)(C)C)cc2Br)nn1. The molecule has 6 heteroatoms. The smallest absolute Gasteiger partial charge is 0.134 e. The molecule has 0 bridgehead atoms. The topological polar surface area (TPSA) is 52.0 Å². The van der Waals surface area contributed by atoms with E-state index in [1.165, 1.54) is 5.56 Å². The predicted octanol–water partition coefficient (Wildman–Crippen LogP) is 3.04. The van der Waals surface area contributed by atoms with E-state index in [1.54, 1.807) is 4.68 Å². The molecule has 2 rings (SSSR count). The van der Waals surface area contributed by atoms with Gasteiger partial charge in [-0.3, -0.25) is 4.68 Å². The van der Waals surface area contributed by atoms with Crippen molar-refractivity contribution in [2.75, 3.05) is 0 Å². The first kappa shape index (κ1) is 16.0. The van der Waals surface area contributed by atoms with Crippen LogP contribution in [0, 0.1) is 0 Å². The highest BCUT2D eigenvalue weighted by Crippen LogP contribution is 2.26. The molecule has 5 nitrogen and oxygen atoms in total. The first-order valence-electron chi connectivity index (χ1n) is 6.85. The molecule has 1 N–H and O–H groups in total. The summed E-state index contributed by atoms with van der Waals surface area (Å²) in [5.41, 5.74) is 2.12. The Bertz CT molecular complexity index is 604. The van der Waals surface area contributed by atoms with E-state index < -0.39 is 0 Å². The Kier molecular flexibility index (Phi) is 5.00. The quantitative estimate of drug-likeness (QED) is 0.898. The van der Waals surface area contributed by atoms with Crippen molar-refractivity contribution in [2.45, 2.75) is 39.5 Å². The lowest BCUT2D eigenvalue weighted by molar-refractivity contribution is 0.299. The Balaban J connectivity index is 1.95. The number of ether oxygens (including phenoxy) is 1. The maximum Gasteiger partial charge on any atom is 0.134 e. The van der Waals surface area contributed by atoms with Gasteiger partial charge in [-0.15, -0.1) is 5.10 Å². The Morgan fingerprint density at radius 3 is 2.67 bits per heavy atom. The molecule has 0 saturated carbocycles. The number of nitrogens with one attached hydrogen (secondary N) is 1. The summed E-state index contributed by atoms with van der Waals surface area (Å²) in [6, 6.07) is 6.11. The molecule has 1 aromatic carbocycles. The van der Waals surface area contributed by atoms with Crippen LogP contribution in [0.1, 0.15) is 32.0 Å². The Morgan fingerprint density at radius 2 is 2.10 bits per heavy atom. The number of nitrogens with zero attached hydrogens (tertiary/aromatic N) is 3. The molecule has 0 atom stereocenters. The highest BCUT2D eigenvalue weighted by atomic mass is 79.9. The number of aromatic nitrogens is 3. The van der Waals surface area contributed by atoms with Crippen molar-refractivity contribution in [1.29, 1.82) is 0 Å². The molecule has 0 spiro atoms. The lowest BCUT2D eigenvalue weighted by Crippen LogP contribution is -2.35. The monoisotopic (exact) mass is 352 g/mol. The summed E-state index contributed by atoms with van der Waals surface area (Å²) in [7, 11) is 1.84. The average molecular weight is 353 g/mol. The molecule has 0 unspecified atom stereocenters. The van der Waals surface area contributed by atoms with Crippen LogP contribution in [-0.4, -0.2) is 20.5 Å². The standard InChI is InChI=1S/C15H21BrN4O/c1-15(2,3)17-8-11-5-6-14(13(16)7-11)21-10-12-9-20(4)19-18-12/h5-7,9,17H,8,10H2,1-4H3. The number of benzene rings is 1. The second kappa shape index (κ2) is 6.58. The lowest BCUT2D eigenvalue weighted by atomic mass is 10.1. The minimum Gasteiger partial charge on any atom is -0.486 e. The van der Waals surface area contributed by atoms with Crippen LogP contribution in [0.2, 0.25) is 0 Å². The van der Waals surface area contributed by atoms with E-state index in [9.17, 15) is 0 Å². The van der Waals surface area contributed by atoms with Gasteiger partial charge in [0, 0.05) is 19.1 Å². The van der Waals surface area contributed by atoms with Crippen molar-refractivity contribution in [3.8, 4) is 5.75 Å². The van der Waals surface area contributed by atoms with Gasteiger partial charge in [0.2, 0.25) is 0 Å². The van der Waals surface area contributed by atoms with Crippen molar-refractivity contribution in [1.82, 2.24) is 20.3 Å². The van der Waals surface area contributed by atoms with Gasteiger partial charge in [0.05, 0.1) is 10.7 Å². The van der Waals surface area contributed by atoms with Gasteiger partial charge >= 0.3 is 0 Å². The summed E-state index contributed by atoms with van der Waals surface area (Å²) >= 11 is 3.55. The van der Waals surface area contributed by atoms with Gasteiger partial charge in [0.25, 0.3) is 0 Å². The molecule has 21 heavy (non-hydrogen) atoms. The third-order valence-electron chi connectivity index (χ3n) is 2.84. The van der Waals surface area contributed by atoms with Crippen LogP contribution in [0.4, 0.5) is 0 Å². The normalized spacial score (nSPS) is 11.7. The van der Waals surface area contributed by atoms with Gasteiger partial charge in [-0.05, 0) is 54.4 Å². The number of halogens is 1. The zero-order valence-corrected chi connectivity index (χ0v) is 14.4. The maximum atomic E-state index is 5.75. The highest BCUT2D eigenvalue weighted by Gasteiger charge is 2.10. The largest absolute Gasteiger partial charge is 0.486 e. The van der Waals surface area contributed by atoms with Crippen molar-refractivity contribution >= 4 is 15.9 Å². The minimum atomic E-state index is 0.105. The van der Waals surface area contributed by atoms with Gasteiger partial charge < -0.3 is 10.1 Å². The van der Waals surface area contributed by atoms with Crippen LogP contribution >= 0.6 is 15.9 Å². The van der Waals surface area contributed by atoms with Crippen LogP contribution < -0.4 is 10.1 Å². The van der Waals surface area contributed by atoms with Crippen LogP contribution in [-0.2, 0) is 20.2 Å². The van der Waals surface area contributed by atoms with E-state index in [4.69, 9.17) is 4.74 Å². The Morgan fingerprint density at radius 1 is 1.33 bits per heavy atom. The third-order valence-corrected chi connectivity index (χ3v) is 3.46. The fourth-order valence-electron chi connectivity index (χ4n) is 1.75. The van der Waals surface area contributed by atoms with Gasteiger partial charge in [-0.25, -0.2) is 0 Å². The molecule has 0 aliphatic carbocycles. The molecule has 0 amide bonds. The van der Waals surface area contributed by atoms with Gasteiger partial charge in [0.1, 0.15) is 18.1 Å². The Labute approximate surface area is 133 Å². The molecule has 0 aliphatic rings. The lowest BCUT2D eigenvalue weighted by Gasteiger charge is -2.20. The third kappa shape index (κ3) is 5.13. The summed E-state index contributed by atoms with van der Waals surface area (Å²) in [5.74, 6) is 0.806. The molecule has 0 fully saturated rings. The molecule has 2 aromatic rings. The highest BCUT2D eigenvalue weighted by molar-refractivity contribution is 9.10. The van der Waals surface area contributed by atoms with E-state index in [0.717, 1.165) is 22.5 Å². The molecule has 114 valence electrons. The molecular formula is C15H21BrN4O. The zero-order valence-electron chi connectivity index (χ0n) is 12.9. The first-order valence-corrected chi connectivity index (χ1v) is 7.64. The summed E-state index contributed by atoms with van der Waals surface area (Å²) in [4.78, 5) is 0. The molecule has 1 heterocycles. The fourth-order valence-corrected chi connectivity index (χ4v) is 2.29. The van der Waals surface area contributed by atoms with Gasteiger partial charge in [0.15, 0.2) is 0 Å². The number of hydrogen-bond acceptors (Lipinski definition) is 4. The van der Waals surface area contributed by atoms with Crippen molar-refractivity contribution in [2.24, 2.45) is 7.05 Å². The summed E-state index contributed by atoms with van der Waals surface area (Å²) < 4.78 is 8.36. The summed E-state index contributed by atoms with van der Waals surface area (Å²) in [6.45, 7) is 7.69. The maximum absolute atomic E-state index is 5.75. The van der Waals surface area contributed by atoms with Crippen molar-refractivity contribution < 1.29 is 4.74 Å². The Hall–Kier alpha value is -1.40. The van der Waals surface area contributed by atoms with E-state index >= 15 is 0 Å². The molecule has 0 aliphatic heterocycles. The zero-order chi connectivity index (χ0) is 15.5. The van der Waals surface area contributed by atoms with Gasteiger partial charge in [-0.2, -0.15) is 0 Å². The minimum absolute atomic E-state index is 0.105. The van der Waals surface area contributed by atoms with E-state index in [-0.39, 0.29) is 5.54 Å². The average Bonchev–Trinajstić information content (AvgIpc) is 2.80. The molecule has 1 aromatic heterocycles. The van der Waals surface area contributed by atoms with Gasteiger partial charge in [-0.1, -0.05) is 11.3 Å². The summed E-state index contributed by atoms with van der Waals surface area (Å²) in [6.07, 6.45) is 1.84. The molecule has 0 saturated heterocycles. The first-order chi connectivity index (χ1) is 9.83. The number of hydrogen-bond donors (Lipinski definition) is 1. The second-order valence-corrected chi connectivity index (χ2v) is 6.89. The second-order valence-electron chi connectivity index (χ2n) is 6.04. The van der Waals surface area contributed by atoms with E-state index in [1.807, 2.05) is 19.3 Å². The van der Waals surface area contributed by atoms with Crippen LogP contribution in [0.3, 0.4) is 0 Å². The van der Waals surface area contributed by atoms with E-state index in [0.29, 0.717) is 6.61 Å².